The number of nitrogens with zero attached hydrogens (tertiary/aromatic N) is 3. The molecule has 0 radical (unpaired) electrons. The molecule has 1 saturated heterocycles. The summed E-state index contributed by atoms with van der Waals surface area (Å²) in [5.74, 6) is -0.971. The monoisotopic (exact) mass is 301 g/mol. The zero-order valence-electron chi connectivity index (χ0n) is 11.8. The molecular weight excluding hydrogens is 286 g/mol. The Hall–Kier alpha value is -2.70. The molecular formula is C15H15N3O4. The summed E-state index contributed by atoms with van der Waals surface area (Å²) in [6.45, 7) is 0.361. The van der Waals surface area contributed by atoms with E-state index in [1.165, 1.54) is 11.2 Å². The van der Waals surface area contributed by atoms with Crippen molar-refractivity contribution in [1.29, 1.82) is 0 Å². The fourth-order valence-corrected chi connectivity index (χ4v) is 3.02. The maximum Gasteiger partial charge on any atom is 0.407 e. The molecule has 7 nitrogen and oxygen atoms in total. The number of para-hydroxylation sites is 1. The Morgan fingerprint density at radius 1 is 1.09 bits per heavy atom. The summed E-state index contributed by atoms with van der Waals surface area (Å²) in [6, 6.07) is 7.26. The maximum atomic E-state index is 12.0. The number of piperidine rings is 1. The van der Waals surface area contributed by atoms with Crippen LogP contribution < -0.4 is 0 Å². The van der Waals surface area contributed by atoms with Crippen molar-refractivity contribution in [2.24, 2.45) is 0 Å². The molecule has 1 fully saturated rings. The van der Waals surface area contributed by atoms with Gasteiger partial charge in [-0.25, -0.2) is 14.8 Å². The van der Waals surface area contributed by atoms with Gasteiger partial charge in [0.05, 0.1) is 11.2 Å². The Balaban J connectivity index is 2.08. The molecule has 22 heavy (non-hydrogen) atoms. The van der Waals surface area contributed by atoms with Gasteiger partial charge in [0, 0.05) is 18.5 Å². The minimum absolute atomic E-state index is 0.181. The van der Waals surface area contributed by atoms with Gasteiger partial charge in [-0.05, 0) is 18.9 Å². The highest BCUT2D eigenvalue weighted by atomic mass is 16.4. The van der Waals surface area contributed by atoms with E-state index >= 15 is 0 Å². The van der Waals surface area contributed by atoms with Gasteiger partial charge < -0.3 is 15.1 Å². The summed E-state index contributed by atoms with van der Waals surface area (Å²) >= 11 is 0. The highest BCUT2D eigenvalue weighted by Gasteiger charge is 2.46. The molecule has 114 valence electrons. The van der Waals surface area contributed by atoms with E-state index in [4.69, 9.17) is 5.11 Å². The molecule has 0 atom stereocenters. The fraction of sp³-hybridized carbons (Fsp3) is 0.333. The average Bonchev–Trinajstić information content (AvgIpc) is 2.54. The molecule has 2 aromatic rings. The van der Waals surface area contributed by atoms with Crippen molar-refractivity contribution in [3.05, 3.63) is 36.3 Å². The van der Waals surface area contributed by atoms with Crippen LogP contribution in [-0.2, 0) is 10.2 Å². The number of aliphatic carboxylic acids is 1. The van der Waals surface area contributed by atoms with Crippen LogP contribution in [0.5, 0.6) is 0 Å². The molecule has 1 aliphatic rings. The number of carboxylic acid groups (broad SMARTS) is 2. The minimum Gasteiger partial charge on any atom is -0.481 e. The molecule has 1 aromatic carbocycles. The lowest BCUT2D eigenvalue weighted by atomic mass is 9.74. The Morgan fingerprint density at radius 2 is 1.77 bits per heavy atom. The summed E-state index contributed by atoms with van der Waals surface area (Å²) in [6.07, 6.45) is 0.753. The van der Waals surface area contributed by atoms with Crippen LogP contribution in [0.25, 0.3) is 10.9 Å². The molecule has 2 heterocycles. The third-order valence-electron chi connectivity index (χ3n) is 4.29. The number of hydrogen-bond acceptors (Lipinski definition) is 4. The third kappa shape index (κ3) is 2.14. The number of carbonyl (C=O) groups is 2. The van der Waals surface area contributed by atoms with E-state index in [0.29, 0.717) is 16.6 Å². The van der Waals surface area contributed by atoms with E-state index in [-0.39, 0.29) is 25.9 Å². The molecule has 1 amide bonds. The van der Waals surface area contributed by atoms with Gasteiger partial charge in [-0.2, -0.15) is 0 Å². The molecule has 7 heteroatoms. The molecule has 0 saturated carbocycles. The summed E-state index contributed by atoms with van der Waals surface area (Å²) in [5.41, 5.74) is -0.0153. The van der Waals surface area contributed by atoms with Crippen molar-refractivity contribution in [3.8, 4) is 0 Å². The second kappa shape index (κ2) is 5.25. The first kappa shape index (κ1) is 14.2. The fourth-order valence-electron chi connectivity index (χ4n) is 3.02. The first-order chi connectivity index (χ1) is 10.5. The topological polar surface area (TPSA) is 104 Å². The Morgan fingerprint density at radius 3 is 2.41 bits per heavy atom. The SMILES string of the molecule is O=C(O)N1CCC(C(=O)O)(c2ncnc3ccccc23)CC1. The second-order valence-electron chi connectivity index (χ2n) is 5.40. The molecule has 0 aliphatic carbocycles. The van der Waals surface area contributed by atoms with E-state index in [0.717, 1.165) is 0 Å². The molecule has 1 aliphatic heterocycles. The van der Waals surface area contributed by atoms with Crippen LogP contribution >= 0.6 is 0 Å². The Bertz CT molecular complexity index is 733. The van der Waals surface area contributed by atoms with Crippen molar-refractivity contribution in [1.82, 2.24) is 14.9 Å². The smallest absolute Gasteiger partial charge is 0.407 e. The summed E-state index contributed by atoms with van der Waals surface area (Å²) in [7, 11) is 0. The van der Waals surface area contributed by atoms with Gasteiger partial charge in [-0.15, -0.1) is 0 Å². The predicted octanol–water partition coefficient (Wildman–Crippen LogP) is 1.73. The van der Waals surface area contributed by atoms with Gasteiger partial charge in [0.1, 0.15) is 11.7 Å². The third-order valence-corrected chi connectivity index (χ3v) is 4.29. The molecule has 2 N–H and O–H groups in total. The van der Waals surface area contributed by atoms with Crippen molar-refractivity contribution in [3.63, 3.8) is 0 Å². The van der Waals surface area contributed by atoms with E-state index in [1.54, 1.807) is 6.07 Å². The molecule has 3 rings (SSSR count). The van der Waals surface area contributed by atoms with Gasteiger partial charge in [-0.3, -0.25) is 4.79 Å². The lowest BCUT2D eigenvalue weighted by Gasteiger charge is -2.37. The number of aromatic nitrogens is 2. The number of fused-ring (bicyclic) bond motifs is 1. The molecule has 0 bridgehead atoms. The van der Waals surface area contributed by atoms with Crippen LogP contribution in [0, 0.1) is 0 Å². The first-order valence-electron chi connectivity index (χ1n) is 6.96. The number of carboxylic acids is 1. The number of likely N-dealkylation sites (tertiary alicyclic amines) is 1. The summed E-state index contributed by atoms with van der Waals surface area (Å²) < 4.78 is 0. The zero-order chi connectivity index (χ0) is 15.7. The quantitative estimate of drug-likeness (QED) is 0.875. The van der Waals surface area contributed by atoms with E-state index < -0.39 is 17.5 Å². The van der Waals surface area contributed by atoms with Crippen LogP contribution in [0.1, 0.15) is 18.5 Å². The highest BCUT2D eigenvalue weighted by Crippen LogP contribution is 2.37. The van der Waals surface area contributed by atoms with Crippen LogP contribution in [0.3, 0.4) is 0 Å². The van der Waals surface area contributed by atoms with E-state index in [2.05, 4.69) is 9.97 Å². The average molecular weight is 301 g/mol. The van der Waals surface area contributed by atoms with Gasteiger partial charge in [-0.1, -0.05) is 18.2 Å². The summed E-state index contributed by atoms with van der Waals surface area (Å²) in [5, 5.41) is 19.5. The number of rotatable bonds is 2. The minimum atomic E-state index is -1.17. The van der Waals surface area contributed by atoms with E-state index in [1.807, 2.05) is 18.2 Å². The van der Waals surface area contributed by atoms with Gasteiger partial charge in [0.25, 0.3) is 0 Å². The van der Waals surface area contributed by atoms with Gasteiger partial charge in [0.15, 0.2) is 0 Å². The van der Waals surface area contributed by atoms with Crippen LogP contribution in [0.15, 0.2) is 30.6 Å². The second-order valence-corrected chi connectivity index (χ2v) is 5.40. The van der Waals surface area contributed by atoms with Crippen LogP contribution in [0.2, 0.25) is 0 Å². The largest absolute Gasteiger partial charge is 0.481 e. The number of amides is 1. The van der Waals surface area contributed by atoms with Crippen molar-refractivity contribution < 1.29 is 19.8 Å². The van der Waals surface area contributed by atoms with Crippen LogP contribution in [0.4, 0.5) is 4.79 Å². The van der Waals surface area contributed by atoms with Crippen LogP contribution in [-0.4, -0.2) is 50.2 Å². The molecule has 1 aromatic heterocycles. The Labute approximate surface area is 126 Å². The standard InChI is InChI=1S/C15H15N3O4/c19-13(20)15(5-7-18(8-6-15)14(21)22)12-10-3-1-2-4-11(10)16-9-17-12/h1-4,9H,5-8H2,(H,19,20)(H,21,22). The lowest BCUT2D eigenvalue weighted by molar-refractivity contribution is -0.146. The first-order valence-corrected chi connectivity index (χ1v) is 6.96. The van der Waals surface area contributed by atoms with E-state index in [9.17, 15) is 14.7 Å². The maximum absolute atomic E-state index is 12.0. The molecule has 0 unspecified atom stereocenters. The van der Waals surface area contributed by atoms with Crippen molar-refractivity contribution >= 4 is 23.0 Å². The van der Waals surface area contributed by atoms with Gasteiger partial charge >= 0.3 is 12.1 Å². The zero-order valence-corrected chi connectivity index (χ0v) is 11.8. The summed E-state index contributed by atoms with van der Waals surface area (Å²) in [4.78, 5) is 32.6. The van der Waals surface area contributed by atoms with Gasteiger partial charge in [0.2, 0.25) is 0 Å². The van der Waals surface area contributed by atoms with Crippen molar-refractivity contribution in [2.45, 2.75) is 18.3 Å². The van der Waals surface area contributed by atoms with Crippen molar-refractivity contribution in [2.75, 3.05) is 13.1 Å². The normalized spacial score (nSPS) is 17.4. The highest BCUT2D eigenvalue weighted by molar-refractivity contribution is 5.90. The Kier molecular flexibility index (Phi) is 3.40. The number of hydrogen-bond donors (Lipinski definition) is 2. The molecule has 0 spiro atoms. The predicted molar refractivity (Wildman–Crippen MR) is 77.7 cm³/mol. The lowest BCUT2D eigenvalue weighted by Crippen LogP contribution is -2.49. The number of benzene rings is 1.